The van der Waals surface area contributed by atoms with Crippen LogP contribution < -0.4 is 10.2 Å². The number of halogens is 2. The van der Waals surface area contributed by atoms with Gasteiger partial charge in [-0.25, -0.2) is 4.79 Å². The normalized spacial score (nSPS) is 16.6. The lowest BCUT2D eigenvalue weighted by Crippen LogP contribution is -2.29. The molecule has 0 aromatic heterocycles. The lowest BCUT2D eigenvalue weighted by molar-refractivity contribution is -0.137. The van der Waals surface area contributed by atoms with Gasteiger partial charge in [0.15, 0.2) is 0 Å². The molecular formula is C20H18ClIN2O3. The van der Waals surface area contributed by atoms with Crippen molar-refractivity contribution < 1.29 is 14.7 Å². The molecule has 0 spiro atoms. The molecule has 0 radical (unpaired) electrons. The predicted octanol–water partition coefficient (Wildman–Crippen LogP) is 4.56. The quantitative estimate of drug-likeness (QED) is 0.454. The second-order valence-corrected chi connectivity index (χ2v) is 7.77. The fourth-order valence-electron chi connectivity index (χ4n) is 2.94. The van der Waals surface area contributed by atoms with E-state index in [1.165, 1.54) is 0 Å². The molecule has 3 rings (SSSR count). The van der Waals surface area contributed by atoms with Gasteiger partial charge in [-0.2, -0.15) is 0 Å². The summed E-state index contributed by atoms with van der Waals surface area (Å²) in [6.45, 7) is 0.603. The van der Waals surface area contributed by atoms with Gasteiger partial charge in [-0.3, -0.25) is 4.79 Å². The number of carbonyl (C=O) groups is 2. The number of carboxylic acid groups (broad SMARTS) is 1. The smallest absolute Gasteiger partial charge is 0.326 e. The second kappa shape index (κ2) is 8.75. The Morgan fingerprint density at radius 3 is 2.74 bits per heavy atom. The van der Waals surface area contributed by atoms with Crippen molar-refractivity contribution in [2.24, 2.45) is 0 Å². The van der Waals surface area contributed by atoms with E-state index in [1.807, 2.05) is 36.4 Å². The lowest BCUT2D eigenvalue weighted by Gasteiger charge is -2.16. The Hall–Kier alpha value is -2.06. The maximum absolute atomic E-state index is 12.6. The molecule has 1 saturated heterocycles. The van der Waals surface area contributed by atoms with Crippen LogP contribution in [0.15, 0.2) is 60.2 Å². The number of aliphatic carboxylic acids is 1. The van der Waals surface area contributed by atoms with Crippen molar-refractivity contribution in [3.8, 4) is 0 Å². The molecule has 1 aliphatic rings. The summed E-state index contributed by atoms with van der Waals surface area (Å²) < 4.78 is 0.878. The third-order valence-electron chi connectivity index (χ3n) is 4.35. The fraction of sp³-hybridized carbons (Fsp3) is 0.200. The van der Waals surface area contributed by atoms with E-state index in [9.17, 15) is 14.7 Å². The van der Waals surface area contributed by atoms with Crippen molar-refractivity contribution >= 4 is 57.4 Å². The number of benzene rings is 2. The molecule has 140 valence electrons. The zero-order chi connectivity index (χ0) is 19.4. The standard InChI is InChI=1S/C20H18ClIN2O3/c21-14-7-8-16(22)18(12-14)23-17(20(26)27)9-6-13-10-11-24(19(13)25)15-4-2-1-3-5-15/h1-8,12,17,23H,9-11H2,(H,26,27)/b13-6+. The van der Waals surface area contributed by atoms with Crippen LogP contribution >= 0.6 is 34.2 Å². The van der Waals surface area contributed by atoms with E-state index in [2.05, 4.69) is 27.9 Å². The van der Waals surface area contributed by atoms with E-state index >= 15 is 0 Å². The van der Waals surface area contributed by atoms with E-state index < -0.39 is 12.0 Å². The SMILES string of the molecule is O=C(O)C(C/C=C1\CCN(c2ccccc2)C1=O)Nc1cc(Cl)ccc1I. The molecule has 1 amide bonds. The van der Waals surface area contributed by atoms with E-state index in [0.717, 1.165) is 9.26 Å². The first kappa shape index (κ1) is 19.7. The zero-order valence-electron chi connectivity index (χ0n) is 14.4. The number of nitrogens with one attached hydrogen (secondary N) is 1. The molecule has 0 bridgehead atoms. The number of rotatable bonds is 6. The minimum atomic E-state index is -0.979. The largest absolute Gasteiger partial charge is 0.480 e. The summed E-state index contributed by atoms with van der Waals surface area (Å²) >= 11 is 8.12. The van der Waals surface area contributed by atoms with E-state index in [4.69, 9.17) is 11.6 Å². The molecule has 7 heteroatoms. The highest BCUT2D eigenvalue weighted by Gasteiger charge is 2.27. The highest BCUT2D eigenvalue weighted by Crippen LogP contribution is 2.26. The van der Waals surface area contributed by atoms with E-state index in [0.29, 0.717) is 29.2 Å². The molecule has 0 aliphatic carbocycles. The zero-order valence-corrected chi connectivity index (χ0v) is 17.3. The average Bonchev–Trinajstić information content (AvgIpc) is 3.02. The molecule has 0 saturated carbocycles. The first-order valence-electron chi connectivity index (χ1n) is 8.46. The molecule has 2 aromatic rings. The Balaban J connectivity index is 1.71. The maximum atomic E-state index is 12.6. The number of nitrogens with zero attached hydrogens (tertiary/aromatic N) is 1. The third-order valence-corrected chi connectivity index (χ3v) is 5.52. The Bertz CT molecular complexity index is 886. The molecule has 1 heterocycles. The van der Waals surface area contributed by atoms with Crippen LogP contribution in [0.1, 0.15) is 12.8 Å². The topological polar surface area (TPSA) is 69.6 Å². The lowest BCUT2D eigenvalue weighted by atomic mass is 10.1. The van der Waals surface area contributed by atoms with E-state index in [-0.39, 0.29) is 12.3 Å². The summed E-state index contributed by atoms with van der Waals surface area (Å²) in [5, 5.41) is 13.1. The van der Waals surface area contributed by atoms with Crippen molar-refractivity contribution in [3.63, 3.8) is 0 Å². The molecule has 27 heavy (non-hydrogen) atoms. The van der Waals surface area contributed by atoms with E-state index in [1.54, 1.807) is 23.1 Å². The van der Waals surface area contributed by atoms with Gasteiger partial charge in [0.05, 0.1) is 0 Å². The van der Waals surface area contributed by atoms with Gasteiger partial charge < -0.3 is 15.3 Å². The number of hydrogen-bond acceptors (Lipinski definition) is 3. The molecule has 1 unspecified atom stereocenters. The van der Waals surface area contributed by atoms with Crippen LogP contribution in [0.5, 0.6) is 0 Å². The van der Waals surface area contributed by atoms with Gasteiger partial charge in [0, 0.05) is 32.1 Å². The van der Waals surface area contributed by atoms with Crippen LogP contribution in [0, 0.1) is 3.57 Å². The Labute approximate surface area is 176 Å². The van der Waals surface area contributed by atoms with Crippen LogP contribution in [0.2, 0.25) is 5.02 Å². The Morgan fingerprint density at radius 2 is 2.04 bits per heavy atom. The summed E-state index contributed by atoms with van der Waals surface area (Å²) in [6, 6.07) is 13.9. The van der Waals surface area contributed by atoms with Crippen LogP contribution in [-0.4, -0.2) is 29.6 Å². The first-order chi connectivity index (χ1) is 13.0. The van der Waals surface area contributed by atoms with Gasteiger partial charge in [0.1, 0.15) is 6.04 Å². The van der Waals surface area contributed by atoms with Crippen LogP contribution in [0.3, 0.4) is 0 Å². The fourth-order valence-corrected chi connectivity index (χ4v) is 3.60. The second-order valence-electron chi connectivity index (χ2n) is 6.17. The number of carboxylic acids is 1. The number of anilines is 2. The van der Waals surface area contributed by atoms with Crippen LogP contribution in [0.4, 0.5) is 11.4 Å². The van der Waals surface area contributed by atoms with Gasteiger partial charge >= 0.3 is 5.97 Å². The van der Waals surface area contributed by atoms with Gasteiger partial charge in [-0.15, -0.1) is 0 Å². The minimum absolute atomic E-state index is 0.0670. The van der Waals surface area contributed by atoms with Crippen molar-refractivity contribution in [3.05, 3.63) is 68.8 Å². The van der Waals surface area contributed by atoms with Gasteiger partial charge in [0.25, 0.3) is 5.91 Å². The highest BCUT2D eigenvalue weighted by molar-refractivity contribution is 14.1. The summed E-state index contributed by atoms with van der Waals surface area (Å²) in [5.74, 6) is -1.05. The number of para-hydroxylation sites is 1. The van der Waals surface area contributed by atoms with Crippen LogP contribution in [0.25, 0.3) is 0 Å². The summed E-state index contributed by atoms with van der Waals surface area (Å²) in [4.78, 5) is 26.0. The number of amides is 1. The molecular weight excluding hydrogens is 479 g/mol. The van der Waals surface area contributed by atoms with Gasteiger partial charge in [-0.1, -0.05) is 35.9 Å². The van der Waals surface area contributed by atoms with Crippen LogP contribution in [-0.2, 0) is 9.59 Å². The predicted molar refractivity (Wildman–Crippen MR) is 115 cm³/mol. The molecule has 5 nitrogen and oxygen atoms in total. The van der Waals surface area contributed by atoms with Gasteiger partial charge in [-0.05, 0) is 65.8 Å². The molecule has 1 fully saturated rings. The maximum Gasteiger partial charge on any atom is 0.326 e. The summed E-state index contributed by atoms with van der Waals surface area (Å²) in [7, 11) is 0. The average molecular weight is 497 g/mol. The molecule has 1 atom stereocenters. The van der Waals surface area contributed by atoms with Crippen molar-refractivity contribution in [2.45, 2.75) is 18.9 Å². The molecule has 2 aromatic carbocycles. The monoisotopic (exact) mass is 496 g/mol. The number of carbonyl (C=O) groups excluding carboxylic acids is 1. The van der Waals surface area contributed by atoms with Gasteiger partial charge in [0.2, 0.25) is 0 Å². The number of hydrogen-bond donors (Lipinski definition) is 2. The van der Waals surface area contributed by atoms with Crippen molar-refractivity contribution in [1.82, 2.24) is 0 Å². The highest BCUT2D eigenvalue weighted by atomic mass is 127. The Kier molecular flexibility index (Phi) is 6.38. The van der Waals surface area contributed by atoms with Crippen molar-refractivity contribution in [1.29, 1.82) is 0 Å². The summed E-state index contributed by atoms with van der Waals surface area (Å²) in [6.07, 6.45) is 2.55. The van der Waals surface area contributed by atoms with Crippen molar-refractivity contribution in [2.75, 3.05) is 16.8 Å². The third kappa shape index (κ3) is 4.81. The molecule has 1 aliphatic heterocycles. The first-order valence-corrected chi connectivity index (χ1v) is 9.91. The summed E-state index contributed by atoms with van der Waals surface area (Å²) in [5.41, 5.74) is 2.16. The molecule has 2 N–H and O–H groups in total. The Morgan fingerprint density at radius 1 is 1.30 bits per heavy atom. The minimum Gasteiger partial charge on any atom is -0.480 e.